The minimum absolute atomic E-state index is 0.0584. The van der Waals surface area contributed by atoms with Gasteiger partial charge >= 0.3 is 5.97 Å². The number of carbonyl (C=O) groups excluding carboxylic acids is 3. The summed E-state index contributed by atoms with van der Waals surface area (Å²) >= 11 is 1.30. The van der Waals surface area contributed by atoms with Gasteiger partial charge in [-0.05, 0) is 68.7 Å². The second-order valence-electron chi connectivity index (χ2n) is 9.38. The van der Waals surface area contributed by atoms with Gasteiger partial charge in [-0.1, -0.05) is 31.4 Å². The molecular formula is C29H33N3O5S. The van der Waals surface area contributed by atoms with Crippen LogP contribution in [-0.2, 0) is 9.53 Å². The van der Waals surface area contributed by atoms with Gasteiger partial charge in [0.1, 0.15) is 16.7 Å². The predicted octanol–water partition coefficient (Wildman–Crippen LogP) is 5.39. The van der Waals surface area contributed by atoms with Crippen LogP contribution in [0.3, 0.4) is 0 Å². The lowest BCUT2D eigenvalue weighted by Crippen LogP contribution is -2.47. The molecule has 0 bridgehead atoms. The van der Waals surface area contributed by atoms with Crippen molar-refractivity contribution in [3.63, 3.8) is 0 Å². The van der Waals surface area contributed by atoms with Crippen LogP contribution in [0.15, 0.2) is 48.5 Å². The molecule has 1 aromatic heterocycles. The van der Waals surface area contributed by atoms with Gasteiger partial charge < -0.3 is 14.8 Å². The van der Waals surface area contributed by atoms with Crippen LogP contribution in [0.5, 0.6) is 5.75 Å². The van der Waals surface area contributed by atoms with Crippen LogP contribution in [0.2, 0.25) is 0 Å². The van der Waals surface area contributed by atoms with Gasteiger partial charge in [-0.2, -0.15) is 0 Å². The second kappa shape index (κ2) is 12.2. The molecular weight excluding hydrogens is 502 g/mol. The Morgan fingerprint density at radius 3 is 2.18 bits per heavy atom. The molecule has 3 aromatic rings. The minimum atomic E-state index is -0.957. The molecule has 2 aromatic carbocycles. The zero-order chi connectivity index (χ0) is 27.2. The number of thiazole rings is 1. The Hall–Kier alpha value is -3.72. The first-order chi connectivity index (χ1) is 18.3. The van der Waals surface area contributed by atoms with Crippen LogP contribution >= 0.6 is 11.3 Å². The molecule has 8 nitrogen and oxygen atoms in total. The summed E-state index contributed by atoms with van der Waals surface area (Å²) in [5, 5.41) is 3.97. The largest absolute Gasteiger partial charge is 0.497 e. The quantitative estimate of drug-likeness (QED) is 0.388. The minimum Gasteiger partial charge on any atom is -0.497 e. The maximum atomic E-state index is 14.2. The number of methoxy groups -OCH3 is 2. The number of aryl methyl sites for hydroxylation is 2. The van der Waals surface area contributed by atoms with Crippen molar-refractivity contribution in [3.8, 4) is 5.75 Å². The average molecular weight is 536 g/mol. The smallest absolute Gasteiger partial charge is 0.337 e. The first-order valence-corrected chi connectivity index (χ1v) is 13.5. The normalized spacial score (nSPS) is 14.4. The van der Waals surface area contributed by atoms with E-state index in [1.807, 2.05) is 6.92 Å². The Kier molecular flexibility index (Phi) is 8.78. The number of nitrogens with one attached hydrogen (secondary N) is 1. The fourth-order valence-corrected chi connectivity index (χ4v) is 5.69. The number of ether oxygens (including phenoxy) is 2. The zero-order valence-electron chi connectivity index (χ0n) is 22.2. The zero-order valence-corrected chi connectivity index (χ0v) is 23.0. The Labute approximate surface area is 227 Å². The van der Waals surface area contributed by atoms with Crippen LogP contribution in [0.1, 0.15) is 74.4 Å². The predicted molar refractivity (Wildman–Crippen MR) is 147 cm³/mol. The lowest BCUT2D eigenvalue weighted by molar-refractivity contribution is -0.123. The van der Waals surface area contributed by atoms with E-state index < -0.39 is 12.0 Å². The van der Waals surface area contributed by atoms with Gasteiger partial charge in [-0.25, -0.2) is 9.78 Å². The number of esters is 1. The first kappa shape index (κ1) is 27.3. The van der Waals surface area contributed by atoms with Crippen molar-refractivity contribution in [2.45, 2.75) is 58.0 Å². The second-order valence-corrected chi connectivity index (χ2v) is 10.6. The lowest BCUT2D eigenvalue weighted by Gasteiger charge is -2.33. The number of hydrogen-bond acceptors (Lipinski definition) is 7. The molecule has 2 amide bonds. The molecule has 200 valence electrons. The summed E-state index contributed by atoms with van der Waals surface area (Å²) < 4.78 is 10.2. The third kappa shape index (κ3) is 6.05. The van der Waals surface area contributed by atoms with Gasteiger partial charge in [0.15, 0.2) is 0 Å². The highest BCUT2D eigenvalue weighted by atomic mass is 32.1. The van der Waals surface area contributed by atoms with Gasteiger partial charge in [-0.3, -0.25) is 14.5 Å². The number of rotatable bonds is 8. The Morgan fingerprint density at radius 1 is 0.974 bits per heavy atom. The molecule has 38 heavy (non-hydrogen) atoms. The topological polar surface area (TPSA) is 97.8 Å². The number of nitrogens with zero attached hydrogens (tertiary/aromatic N) is 2. The summed E-state index contributed by atoms with van der Waals surface area (Å²) in [6.45, 7) is 3.64. The monoisotopic (exact) mass is 535 g/mol. The van der Waals surface area contributed by atoms with E-state index >= 15 is 0 Å². The number of carbonyl (C=O) groups is 3. The highest BCUT2D eigenvalue weighted by Gasteiger charge is 2.36. The highest BCUT2D eigenvalue weighted by molar-refractivity contribution is 7.13. The molecule has 1 N–H and O–H groups in total. The SMILES string of the molecule is COC(=O)c1ccc(N(C(=O)c2sc(C)nc2C)C(C(=O)NC2CCCCC2)c2ccc(OC)cc2)cc1. The van der Waals surface area contributed by atoms with Gasteiger partial charge in [-0.15, -0.1) is 11.3 Å². The Balaban J connectivity index is 1.83. The molecule has 0 radical (unpaired) electrons. The third-order valence-corrected chi connectivity index (χ3v) is 7.83. The van der Waals surface area contributed by atoms with E-state index in [1.165, 1.54) is 23.3 Å². The number of aromatic nitrogens is 1. The van der Waals surface area contributed by atoms with E-state index in [9.17, 15) is 14.4 Å². The molecule has 1 atom stereocenters. The van der Waals surface area contributed by atoms with E-state index in [0.29, 0.717) is 33.1 Å². The summed E-state index contributed by atoms with van der Waals surface area (Å²) in [6.07, 6.45) is 5.12. The van der Waals surface area contributed by atoms with Gasteiger partial charge in [0.2, 0.25) is 5.91 Å². The van der Waals surface area contributed by atoms with Crippen molar-refractivity contribution in [1.29, 1.82) is 0 Å². The Bertz CT molecular complexity index is 1280. The molecule has 4 rings (SSSR count). The van der Waals surface area contributed by atoms with Crippen LogP contribution < -0.4 is 15.0 Å². The van der Waals surface area contributed by atoms with Crippen molar-refractivity contribution in [3.05, 3.63) is 75.2 Å². The molecule has 1 saturated carbocycles. The van der Waals surface area contributed by atoms with Crippen molar-refractivity contribution in [2.75, 3.05) is 19.1 Å². The summed E-state index contributed by atoms with van der Waals surface area (Å²) in [4.78, 5) is 46.7. The van der Waals surface area contributed by atoms with Gasteiger partial charge in [0, 0.05) is 11.7 Å². The van der Waals surface area contributed by atoms with Crippen molar-refractivity contribution in [2.24, 2.45) is 0 Å². The lowest BCUT2D eigenvalue weighted by atomic mass is 9.94. The highest BCUT2D eigenvalue weighted by Crippen LogP contribution is 2.33. The van der Waals surface area contributed by atoms with E-state index in [1.54, 1.807) is 62.6 Å². The van der Waals surface area contributed by atoms with E-state index in [4.69, 9.17) is 9.47 Å². The molecule has 1 unspecified atom stereocenters. The maximum absolute atomic E-state index is 14.2. The average Bonchev–Trinajstić information content (AvgIpc) is 3.29. The fourth-order valence-electron chi connectivity index (χ4n) is 4.83. The summed E-state index contributed by atoms with van der Waals surface area (Å²) in [6, 6.07) is 12.8. The molecule has 1 aliphatic carbocycles. The molecule has 9 heteroatoms. The number of benzene rings is 2. The van der Waals surface area contributed by atoms with Gasteiger partial charge in [0.05, 0.1) is 30.5 Å². The summed E-state index contributed by atoms with van der Waals surface area (Å²) in [5.74, 6) is -0.426. The maximum Gasteiger partial charge on any atom is 0.337 e. The summed E-state index contributed by atoms with van der Waals surface area (Å²) in [7, 11) is 2.89. The molecule has 1 heterocycles. The van der Waals surface area contributed by atoms with Crippen LogP contribution in [0.25, 0.3) is 0 Å². The summed E-state index contributed by atoms with van der Waals surface area (Å²) in [5.41, 5.74) is 2.08. The van der Waals surface area contributed by atoms with Gasteiger partial charge in [0.25, 0.3) is 5.91 Å². The van der Waals surface area contributed by atoms with Crippen molar-refractivity contribution >= 4 is 34.8 Å². The van der Waals surface area contributed by atoms with Crippen LogP contribution in [0.4, 0.5) is 5.69 Å². The van der Waals surface area contributed by atoms with Crippen LogP contribution in [0, 0.1) is 13.8 Å². The number of amides is 2. The number of anilines is 1. The molecule has 0 aliphatic heterocycles. The molecule has 0 saturated heterocycles. The standard InChI is InChI=1S/C29H33N3O5S/c1-18-26(38-19(2)30-18)28(34)32(23-14-10-21(11-15-23)29(35)37-4)25(20-12-16-24(36-3)17-13-20)27(33)31-22-8-6-5-7-9-22/h10-17,22,25H,5-9H2,1-4H3,(H,31,33). The van der Waals surface area contributed by atoms with E-state index in [0.717, 1.165) is 37.1 Å². The Morgan fingerprint density at radius 2 is 1.63 bits per heavy atom. The van der Waals surface area contributed by atoms with E-state index in [2.05, 4.69) is 10.3 Å². The fraction of sp³-hybridized carbons (Fsp3) is 0.379. The third-order valence-electron chi connectivity index (χ3n) is 6.77. The van der Waals surface area contributed by atoms with E-state index in [-0.39, 0.29) is 17.9 Å². The number of hydrogen-bond donors (Lipinski definition) is 1. The van der Waals surface area contributed by atoms with Crippen molar-refractivity contribution in [1.82, 2.24) is 10.3 Å². The molecule has 1 fully saturated rings. The molecule has 1 aliphatic rings. The molecule has 0 spiro atoms. The first-order valence-electron chi connectivity index (χ1n) is 12.7. The van der Waals surface area contributed by atoms with Crippen LogP contribution in [-0.4, -0.2) is 43.0 Å². The van der Waals surface area contributed by atoms with Crippen molar-refractivity contribution < 1.29 is 23.9 Å².